The first-order valence-corrected chi connectivity index (χ1v) is 51.2. The fraction of sp³-hybridized carbons (Fsp3) is 0.0657. The van der Waals surface area contributed by atoms with Crippen molar-refractivity contribution in [3.05, 3.63) is 528 Å². The standard InChI is InChI=1S/C55H35N3O.C45H28N4O.C37H27N3O/c1-54(2)45-25-14-21-39(50(45)41-31-49-40(30-46(41)54)38-20-9-13-26-48(38)59-49)53-57-51(32-15-4-3-5-16-32)56-52(58-53)33-27-28-37-36-19-8-12-24-44(36)55(47(37)29-33)42-22-10-6-17-34(42)35-18-7-11-23-43(35)55;1-4-15-29(16-5-1)42-47-43(49-44(48-42)38-24-12-13-26-46-38)33-22-14-23-36-41(33)35-28-40-34(32-21-10-11-25-39(32)50-40)27-37(35)45(36,30-17-6-2-7-18-30)31-19-8-3-9-20-31;1-3-37(2)30-20-25(18-19-26(30)28-22-33-29(21-31(28)37)27-16-10-11-17-32(27)41-33)36-39-34(23-12-6-4-7-13-23)38-35(40-36)24-14-8-5-9-15-24/h3-31H,1-2H3;1-28H;4-22H,3H2,1-2H3. The molecule has 26 aromatic rings. The van der Waals surface area contributed by atoms with E-state index in [1.165, 1.54) is 106 Å². The molecule has 0 amide bonds. The van der Waals surface area contributed by atoms with Crippen molar-refractivity contribution in [2.75, 3.05) is 0 Å². The predicted molar refractivity (Wildman–Crippen MR) is 601 cm³/mol. The van der Waals surface area contributed by atoms with Gasteiger partial charge in [0.1, 0.15) is 39.2 Å². The molecule has 5 aliphatic rings. The van der Waals surface area contributed by atoms with E-state index in [0.29, 0.717) is 58.1 Å². The van der Waals surface area contributed by atoms with Crippen LogP contribution in [-0.2, 0) is 21.7 Å². The monoisotopic (exact) mass is 1920 g/mol. The molecule has 1 atom stereocenters. The Balaban J connectivity index is 0.000000107. The van der Waals surface area contributed by atoms with Crippen molar-refractivity contribution in [3.63, 3.8) is 0 Å². The van der Waals surface area contributed by atoms with Crippen LogP contribution in [0.2, 0.25) is 0 Å². The third-order valence-corrected chi connectivity index (χ3v) is 31.9. The quantitative estimate of drug-likeness (QED) is 0.113. The first-order chi connectivity index (χ1) is 73.9. The van der Waals surface area contributed by atoms with Gasteiger partial charge in [-0.1, -0.05) is 404 Å². The molecule has 13 nitrogen and oxygen atoms in total. The Labute approximate surface area is 864 Å². The third kappa shape index (κ3) is 13.4. The predicted octanol–water partition coefficient (Wildman–Crippen LogP) is 33.4. The molecule has 0 saturated carbocycles. The van der Waals surface area contributed by atoms with Gasteiger partial charge < -0.3 is 13.3 Å². The van der Waals surface area contributed by atoms with Gasteiger partial charge in [0.25, 0.3) is 0 Å². The van der Waals surface area contributed by atoms with Crippen LogP contribution in [0.4, 0.5) is 0 Å². The van der Waals surface area contributed by atoms with Crippen molar-refractivity contribution in [1.82, 2.24) is 49.8 Å². The average Bonchev–Trinajstić information content (AvgIpc) is 1.51. The van der Waals surface area contributed by atoms with Crippen molar-refractivity contribution in [3.8, 4) is 158 Å². The molecule has 0 radical (unpaired) electrons. The number of hydrogen-bond acceptors (Lipinski definition) is 13. The lowest BCUT2D eigenvalue weighted by Crippen LogP contribution is -2.28. The van der Waals surface area contributed by atoms with Gasteiger partial charge in [-0.05, 0) is 208 Å². The van der Waals surface area contributed by atoms with E-state index in [1.54, 1.807) is 6.20 Å². The zero-order valence-electron chi connectivity index (χ0n) is 82.3. The molecule has 0 N–H and O–H groups in total. The summed E-state index contributed by atoms with van der Waals surface area (Å²) in [6.45, 7) is 9.27. The van der Waals surface area contributed by atoms with Crippen LogP contribution >= 0.6 is 0 Å². The number of rotatable bonds is 12. The highest BCUT2D eigenvalue weighted by molar-refractivity contribution is 6.12. The molecule has 706 valence electrons. The lowest BCUT2D eigenvalue weighted by Gasteiger charge is -2.34. The smallest absolute Gasteiger partial charge is 0.182 e. The van der Waals surface area contributed by atoms with Crippen LogP contribution in [0.25, 0.3) is 224 Å². The highest BCUT2D eigenvalue weighted by Gasteiger charge is 2.53. The van der Waals surface area contributed by atoms with Gasteiger partial charge in [-0.2, -0.15) is 0 Å². The van der Waals surface area contributed by atoms with E-state index in [9.17, 15) is 0 Å². The van der Waals surface area contributed by atoms with Gasteiger partial charge in [0, 0.05) is 93.9 Å². The molecular formula is C137H90N10O3. The summed E-state index contributed by atoms with van der Waals surface area (Å²) in [5, 5.41) is 6.79. The maximum atomic E-state index is 6.52. The van der Waals surface area contributed by atoms with Gasteiger partial charge >= 0.3 is 0 Å². The fourth-order valence-electron chi connectivity index (χ4n) is 24.8. The SMILES string of the molecule is CC1(C)c2cc3c(cc2-c2c(-c4nc(-c5ccccc5)nc(-c5ccc6c(c5)C5(c7ccccc7-c7ccccc75)c5ccccc5-6)n4)cccc21)oc1ccccc13.CCC1(C)c2cc(-c3nc(-c4ccccc4)nc(-c4ccccc4)n3)ccc2-c2cc3oc4ccccc4c3cc21.c1ccc(-c2nc(-c3ccccn3)nc(-c3cccc4c3-c3cc5oc6ccccc6c5cc3C4(c3ccccc3)c3ccccc3)n2)cc1. The molecule has 5 aliphatic carbocycles. The molecule has 13 heteroatoms. The molecule has 19 aromatic carbocycles. The second kappa shape index (κ2) is 34.2. The topological polar surface area (TPSA) is 168 Å². The second-order valence-electron chi connectivity index (χ2n) is 40.2. The van der Waals surface area contributed by atoms with E-state index >= 15 is 0 Å². The lowest BCUT2D eigenvalue weighted by atomic mass is 9.67. The van der Waals surface area contributed by atoms with Gasteiger partial charge in [0.15, 0.2) is 52.4 Å². The molecule has 0 saturated heterocycles. The minimum Gasteiger partial charge on any atom is -0.456 e. The van der Waals surface area contributed by atoms with Crippen LogP contribution in [0, 0.1) is 0 Å². The number of benzene rings is 19. The number of furan rings is 3. The van der Waals surface area contributed by atoms with Crippen LogP contribution < -0.4 is 0 Å². The number of aromatic nitrogens is 10. The molecule has 150 heavy (non-hydrogen) atoms. The van der Waals surface area contributed by atoms with Crippen molar-refractivity contribution >= 4 is 65.8 Å². The Morgan fingerprint density at radius 1 is 0.193 bits per heavy atom. The highest BCUT2D eigenvalue weighted by atomic mass is 16.3. The van der Waals surface area contributed by atoms with Gasteiger partial charge in [-0.15, -0.1) is 0 Å². The molecule has 7 aromatic heterocycles. The van der Waals surface area contributed by atoms with Crippen molar-refractivity contribution < 1.29 is 13.3 Å². The van der Waals surface area contributed by atoms with Gasteiger partial charge in [-0.3, -0.25) is 4.98 Å². The maximum Gasteiger partial charge on any atom is 0.182 e. The summed E-state index contributed by atoms with van der Waals surface area (Å²) < 4.78 is 19.3. The number of fused-ring (bicyclic) bond motifs is 28. The number of para-hydroxylation sites is 3. The summed E-state index contributed by atoms with van der Waals surface area (Å²) in [6, 6.07) is 160. The molecule has 0 fully saturated rings. The zero-order valence-corrected chi connectivity index (χ0v) is 82.3. The van der Waals surface area contributed by atoms with Crippen LogP contribution in [0.3, 0.4) is 0 Å². The third-order valence-electron chi connectivity index (χ3n) is 31.9. The first-order valence-electron chi connectivity index (χ1n) is 51.2. The van der Waals surface area contributed by atoms with Gasteiger partial charge in [0.2, 0.25) is 0 Å². The number of pyridine rings is 1. The summed E-state index contributed by atoms with van der Waals surface area (Å²) in [4.78, 5) is 50.7. The van der Waals surface area contributed by atoms with E-state index in [4.69, 9.17) is 58.1 Å². The second-order valence-corrected chi connectivity index (χ2v) is 40.2. The molecule has 1 spiro atoms. The van der Waals surface area contributed by atoms with E-state index in [-0.39, 0.29) is 10.8 Å². The van der Waals surface area contributed by atoms with Crippen molar-refractivity contribution in [2.24, 2.45) is 0 Å². The number of nitrogens with zero attached hydrogens (tertiary/aromatic N) is 10. The average molecular weight is 1920 g/mol. The van der Waals surface area contributed by atoms with E-state index in [0.717, 1.165) is 134 Å². The number of hydrogen-bond donors (Lipinski definition) is 0. The van der Waals surface area contributed by atoms with Crippen molar-refractivity contribution in [1.29, 1.82) is 0 Å². The Hall–Kier alpha value is -19.2. The van der Waals surface area contributed by atoms with Crippen molar-refractivity contribution in [2.45, 2.75) is 55.8 Å². The van der Waals surface area contributed by atoms with Crippen LogP contribution in [0.5, 0.6) is 0 Å². The lowest BCUT2D eigenvalue weighted by molar-refractivity contribution is 0.565. The van der Waals surface area contributed by atoms with E-state index in [1.807, 2.05) is 164 Å². The van der Waals surface area contributed by atoms with Crippen LogP contribution in [-0.4, -0.2) is 49.8 Å². The summed E-state index contributed by atoms with van der Waals surface area (Å²) >= 11 is 0. The summed E-state index contributed by atoms with van der Waals surface area (Å²) in [7, 11) is 0. The van der Waals surface area contributed by atoms with Crippen LogP contribution in [0.1, 0.15) is 101 Å². The Bertz CT molecular complexity index is 9790. The fourth-order valence-corrected chi connectivity index (χ4v) is 24.8. The van der Waals surface area contributed by atoms with Gasteiger partial charge in [-0.25, -0.2) is 44.9 Å². The molecule has 7 heterocycles. The summed E-state index contributed by atoms with van der Waals surface area (Å²) in [5.74, 6) is 5.65. The minimum absolute atomic E-state index is 0.148. The van der Waals surface area contributed by atoms with Crippen LogP contribution in [0.15, 0.2) is 474 Å². The molecule has 31 rings (SSSR count). The van der Waals surface area contributed by atoms with Gasteiger partial charge in [0.05, 0.1) is 10.8 Å². The molecule has 1 unspecified atom stereocenters. The summed E-state index contributed by atoms with van der Waals surface area (Å²) in [6.07, 6.45) is 2.74. The normalized spacial score (nSPS) is 14.3. The van der Waals surface area contributed by atoms with E-state index < -0.39 is 10.8 Å². The largest absolute Gasteiger partial charge is 0.456 e. The van der Waals surface area contributed by atoms with E-state index in [2.05, 4.69) is 324 Å². The minimum atomic E-state index is -0.616. The zero-order chi connectivity index (χ0) is 99.7. The summed E-state index contributed by atoms with van der Waals surface area (Å²) in [5.41, 5.74) is 39.3. The Kier molecular flexibility index (Phi) is 19.9. The molecular weight excluding hydrogens is 1830 g/mol. The molecule has 0 bridgehead atoms. The Morgan fingerprint density at radius 2 is 0.507 bits per heavy atom. The highest BCUT2D eigenvalue weighted by Crippen LogP contribution is 2.65. The maximum absolute atomic E-state index is 6.52. The Morgan fingerprint density at radius 3 is 0.953 bits per heavy atom. The first kappa shape index (κ1) is 87.4. The molecule has 0 aliphatic heterocycles.